The molecule has 1 aromatic carbocycles. The van der Waals surface area contributed by atoms with Crippen LogP contribution in [-0.2, 0) is 0 Å². The Hall–Kier alpha value is -2.36. The Balaban J connectivity index is 1.63. The number of hydrogen-bond donors (Lipinski definition) is 0. The maximum absolute atomic E-state index is 4.54. The molecule has 1 aliphatic heterocycles. The van der Waals surface area contributed by atoms with Crippen LogP contribution in [0.2, 0.25) is 0 Å². The van der Waals surface area contributed by atoms with Crippen LogP contribution in [0.4, 0.5) is 5.82 Å². The SMILES string of the molecule is c1ccc2c(N3CC(n4cccn4)C3)nccc2c1. The van der Waals surface area contributed by atoms with Gasteiger partial charge in [0.2, 0.25) is 0 Å². The van der Waals surface area contributed by atoms with Crippen LogP contribution in [0.3, 0.4) is 0 Å². The molecule has 1 fully saturated rings. The van der Waals surface area contributed by atoms with Gasteiger partial charge in [0.15, 0.2) is 0 Å². The lowest BCUT2D eigenvalue weighted by Crippen LogP contribution is -2.48. The summed E-state index contributed by atoms with van der Waals surface area (Å²) < 4.78 is 2.03. The van der Waals surface area contributed by atoms with Crippen LogP contribution in [0, 0.1) is 0 Å². The molecule has 94 valence electrons. The Morgan fingerprint density at radius 3 is 2.74 bits per heavy atom. The van der Waals surface area contributed by atoms with Gasteiger partial charge in [0.25, 0.3) is 0 Å². The smallest absolute Gasteiger partial charge is 0.136 e. The first-order chi connectivity index (χ1) is 9.42. The summed E-state index contributed by atoms with van der Waals surface area (Å²) in [6, 6.07) is 12.9. The molecule has 4 heteroatoms. The summed E-state index contributed by atoms with van der Waals surface area (Å²) in [5.41, 5.74) is 0. The monoisotopic (exact) mass is 250 g/mol. The largest absolute Gasteiger partial charge is 0.352 e. The maximum Gasteiger partial charge on any atom is 0.136 e. The number of rotatable bonds is 2. The third-order valence-electron chi connectivity index (χ3n) is 3.71. The van der Waals surface area contributed by atoms with Crippen molar-refractivity contribution < 1.29 is 0 Å². The zero-order valence-electron chi connectivity index (χ0n) is 10.5. The molecule has 3 aromatic rings. The minimum absolute atomic E-state index is 0.468. The van der Waals surface area contributed by atoms with Gasteiger partial charge in [0, 0.05) is 37.1 Å². The van der Waals surface area contributed by atoms with Gasteiger partial charge in [-0.1, -0.05) is 24.3 Å². The fraction of sp³-hybridized carbons (Fsp3) is 0.200. The van der Waals surface area contributed by atoms with Crippen molar-refractivity contribution in [3.63, 3.8) is 0 Å². The summed E-state index contributed by atoms with van der Waals surface area (Å²) in [5, 5.41) is 6.77. The zero-order valence-corrected chi connectivity index (χ0v) is 10.5. The van der Waals surface area contributed by atoms with Gasteiger partial charge in [-0.2, -0.15) is 5.10 Å². The first-order valence-corrected chi connectivity index (χ1v) is 6.49. The van der Waals surface area contributed by atoms with E-state index in [1.54, 1.807) is 0 Å². The molecular formula is C15H14N4. The molecular weight excluding hydrogens is 236 g/mol. The van der Waals surface area contributed by atoms with Crippen LogP contribution in [0.25, 0.3) is 10.8 Å². The van der Waals surface area contributed by atoms with Crippen molar-refractivity contribution in [2.24, 2.45) is 0 Å². The van der Waals surface area contributed by atoms with Gasteiger partial charge < -0.3 is 4.90 Å². The molecule has 0 atom stereocenters. The number of hydrogen-bond acceptors (Lipinski definition) is 3. The van der Waals surface area contributed by atoms with Crippen LogP contribution >= 0.6 is 0 Å². The molecule has 0 unspecified atom stereocenters. The van der Waals surface area contributed by atoms with E-state index in [2.05, 4.69) is 45.3 Å². The van der Waals surface area contributed by atoms with Crippen molar-refractivity contribution in [3.05, 3.63) is 55.0 Å². The van der Waals surface area contributed by atoms with Crippen molar-refractivity contribution in [3.8, 4) is 0 Å². The minimum Gasteiger partial charge on any atom is -0.352 e. The molecule has 4 rings (SSSR count). The Morgan fingerprint density at radius 2 is 1.89 bits per heavy atom. The average molecular weight is 250 g/mol. The Bertz CT molecular complexity index is 694. The second kappa shape index (κ2) is 4.09. The molecule has 4 nitrogen and oxygen atoms in total. The predicted octanol–water partition coefficient (Wildman–Crippen LogP) is 2.49. The summed E-state index contributed by atoms with van der Waals surface area (Å²) in [4.78, 5) is 6.86. The summed E-state index contributed by atoms with van der Waals surface area (Å²) in [6.45, 7) is 1.95. The van der Waals surface area contributed by atoms with Crippen molar-refractivity contribution in [2.45, 2.75) is 6.04 Å². The van der Waals surface area contributed by atoms with Gasteiger partial charge in [-0.05, 0) is 17.5 Å². The van der Waals surface area contributed by atoms with Crippen molar-refractivity contribution >= 4 is 16.6 Å². The summed E-state index contributed by atoms with van der Waals surface area (Å²) in [5.74, 6) is 1.08. The third kappa shape index (κ3) is 1.68. The number of fused-ring (bicyclic) bond motifs is 1. The van der Waals surface area contributed by atoms with Crippen molar-refractivity contribution in [2.75, 3.05) is 18.0 Å². The number of nitrogens with zero attached hydrogens (tertiary/aromatic N) is 4. The van der Waals surface area contributed by atoms with Crippen LogP contribution in [-0.4, -0.2) is 27.9 Å². The van der Waals surface area contributed by atoms with Crippen LogP contribution in [0.1, 0.15) is 6.04 Å². The molecule has 1 saturated heterocycles. The fourth-order valence-corrected chi connectivity index (χ4v) is 2.65. The molecule has 0 amide bonds. The molecule has 3 heterocycles. The first-order valence-electron chi connectivity index (χ1n) is 6.49. The standard InChI is InChI=1S/C15H14N4/c1-2-5-14-12(4-1)6-8-16-15(14)18-10-13(11-18)19-9-3-7-17-19/h1-9,13H,10-11H2. The van der Waals surface area contributed by atoms with E-state index in [4.69, 9.17) is 0 Å². The Labute approximate surface area is 111 Å². The maximum atomic E-state index is 4.54. The van der Waals surface area contributed by atoms with Gasteiger partial charge >= 0.3 is 0 Å². The quantitative estimate of drug-likeness (QED) is 0.700. The number of anilines is 1. The highest BCUT2D eigenvalue weighted by atomic mass is 15.4. The number of benzene rings is 1. The second-order valence-electron chi connectivity index (χ2n) is 4.90. The molecule has 19 heavy (non-hydrogen) atoms. The van der Waals surface area contributed by atoms with Crippen LogP contribution in [0.5, 0.6) is 0 Å². The molecule has 0 aliphatic carbocycles. The molecule has 0 bridgehead atoms. The van der Waals surface area contributed by atoms with E-state index in [9.17, 15) is 0 Å². The van der Waals surface area contributed by atoms with E-state index >= 15 is 0 Å². The van der Waals surface area contributed by atoms with Gasteiger partial charge in [-0.3, -0.25) is 4.68 Å². The Kier molecular flexibility index (Phi) is 2.27. The predicted molar refractivity (Wildman–Crippen MR) is 75.2 cm³/mol. The average Bonchev–Trinajstić information content (AvgIpc) is 2.91. The molecule has 0 radical (unpaired) electrons. The lowest BCUT2D eigenvalue weighted by atomic mass is 10.1. The number of aromatic nitrogens is 3. The zero-order chi connectivity index (χ0) is 12.7. The van der Waals surface area contributed by atoms with E-state index < -0.39 is 0 Å². The Morgan fingerprint density at radius 1 is 1.00 bits per heavy atom. The first kappa shape index (κ1) is 10.6. The highest BCUT2D eigenvalue weighted by Crippen LogP contribution is 2.31. The highest BCUT2D eigenvalue weighted by molar-refractivity contribution is 5.92. The van der Waals surface area contributed by atoms with E-state index in [1.807, 2.05) is 29.3 Å². The van der Waals surface area contributed by atoms with Crippen molar-refractivity contribution in [1.82, 2.24) is 14.8 Å². The summed E-state index contributed by atoms with van der Waals surface area (Å²) in [7, 11) is 0. The fourth-order valence-electron chi connectivity index (χ4n) is 2.65. The molecule has 0 N–H and O–H groups in total. The van der Waals surface area contributed by atoms with E-state index in [0.717, 1.165) is 18.9 Å². The third-order valence-corrected chi connectivity index (χ3v) is 3.71. The van der Waals surface area contributed by atoms with Crippen molar-refractivity contribution in [1.29, 1.82) is 0 Å². The summed E-state index contributed by atoms with van der Waals surface area (Å²) >= 11 is 0. The highest BCUT2D eigenvalue weighted by Gasteiger charge is 2.30. The van der Waals surface area contributed by atoms with Gasteiger partial charge in [0.05, 0.1) is 6.04 Å². The second-order valence-corrected chi connectivity index (χ2v) is 4.90. The molecule has 1 aliphatic rings. The van der Waals surface area contributed by atoms with E-state index in [1.165, 1.54) is 10.8 Å². The van der Waals surface area contributed by atoms with E-state index in [0.29, 0.717) is 6.04 Å². The van der Waals surface area contributed by atoms with Crippen LogP contribution < -0.4 is 4.90 Å². The lowest BCUT2D eigenvalue weighted by Gasteiger charge is -2.40. The normalized spacial score (nSPS) is 15.7. The lowest BCUT2D eigenvalue weighted by molar-refractivity contribution is 0.367. The molecule has 2 aromatic heterocycles. The van der Waals surface area contributed by atoms with Crippen LogP contribution in [0.15, 0.2) is 55.0 Å². The summed E-state index contributed by atoms with van der Waals surface area (Å²) in [6.07, 6.45) is 5.75. The van der Waals surface area contributed by atoms with Gasteiger partial charge in [-0.15, -0.1) is 0 Å². The molecule has 0 saturated carbocycles. The minimum atomic E-state index is 0.468. The molecule has 0 spiro atoms. The van der Waals surface area contributed by atoms with E-state index in [-0.39, 0.29) is 0 Å². The van der Waals surface area contributed by atoms with Gasteiger partial charge in [-0.25, -0.2) is 4.98 Å². The topological polar surface area (TPSA) is 34.0 Å². The number of pyridine rings is 1. The van der Waals surface area contributed by atoms with Gasteiger partial charge in [0.1, 0.15) is 5.82 Å².